The second kappa shape index (κ2) is 8.65. The van der Waals surface area contributed by atoms with Crippen molar-refractivity contribution in [3.63, 3.8) is 0 Å². The molecule has 2 aromatic rings. The van der Waals surface area contributed by atoms with Gasteiger partial charge in [0, 0.05) is 24.3 Å². The summed E-state index contributed by atoms with van der Waals surface area (Å²) in [6.07, 6.45) is 3.36. The average Bonchev–Trinajstić information content (AvgIpc) is 2.67. The molecule has 1 saturated heterocycles. The first-order valence-corrected chi connectivity index (χ1v) is 11.1. The minimum absolute atomic E-state index is 0.119. The van der Waals surface area contributed by atoms with Crippen LogP contribution in [0.15, 0.2) is 47.4 Å². The molecule has 1 amide bonds. The van der Waals surface area contributed by atoms with Gasteiger partial charge in [-0.25, -0.2) is 8.42 Å². The number of aryl methyl sites for hydroxylation is 1. The number of nitrogens with zero attached hydrogens (tertiary/aromatic N) is 1. The average molecular weight is 403 g/mol. The van der Waals surface area contributed by atoms with Gasteiger partial charge < -0.3 is 9.64 Å². The first-order chi connectivity index (χ1) is 13.4. The Hall–Kier alpha value is -2.54. The van der Waals surface area contributed by atoms with Gasteiger partial charge in [-0.1, -0.05) is 6.92 Å². The minimum Gasteiger partial charge on any atom is -0.494 e. The van der Waals surface area contributed by atoms with Crippen LogP contribution in [0.2, 0.25) is 0 Å². The summed E-state index contributed by atoms with van der Waals surface area (Å²) in [5.41, 5.74) is 2.17. The summed E-state index contributed by atoms with van der Waals surface area (Å²) in [5, 5.41) is 0. The van der Waals surface area contributed by atoms with E-state index in [1.165, 1.54) is 12.1 Å². The first-order valence-electron chi connectivity index (χ1n) is 9.57. The van der Waals surface area contributed by atoms with Crippen molar-refractivity contribution in [1.82, 2.24) is 0 Å². The van der Waals surface area contributed by atoms with E-state index in [4.69, 9.17) is 4.74 Å². The zero-order valence-corrected chi connectivity index (χ0v) is 17.1. The number of rotatable bonds is 7. The Morgan fingerprint density at radius 1 is 1.11 bits per heavy atom. The van der Waals surface area contributed by atoms with Crippen molar-refractivity contribution in [3.8, 4) is 5.75 Å². The van der Waals surface area contributed by atoms with Gasteiger partial charge in [0.1, 0.15) is 5.75 Å². The number of carbonyl (C=O) groups is 1. The van der Waals surface area contributed by atoms with E-state index in [2.05, 4.69) is 4.72 Å². The van der Waals surface area contributed by atoms with E-state index < -0.39 is 10.0 Å². The standard InChI is InChI=1S/C21H26N2O4S/c1-3-14-27-18-8-10-19(11-9-18)28(25,26)22-17-7-12-20(16(2)15-17)23-13-5-4-6-21(23)24/h7-12,15,22H,3-6,13-14H2,1-2H3. The molecule has 28 heavy (non-hydrogen) atoms. The van der Waals surface area contributed by atoms with Crippen LogP contribution in [0.5, 0.6) is 5.75 Å². The lowest BCUT2D eigenvalue weighted by Gasteiger charge is -2.28. The molecule has 2 aromatic carbocycles. The van der Waals surface area contributed by atoms with Gasteiger partial charge in [-0.2, -0.15) is 0 Å². The maximum Gasteiger partial charge on any atom is 0.261 e. The molecule has 0 bridgehead atoms. The van der Waals surface area contributed by atoms with Crippen molar-refractivity contribution in [3.05, 3.63) is 48.0 Å². The number of hydrogen-bond donors (Lipinski definition) is 1. The molecular formula is C21H26N2O4S. The number of sulfonamides is 1. The number of benzene rings is 2. The lowest BCUT2D eigenvalue weighted by atomic mass is 10.1. The van der Waals surface area contributed by atoms with Gasteiger partial charge >= 0.3 is 0 Å². The molecule has 0 radical (unpaired) electrons. The van der Waals surface area contributed by atoms with Crippen LogP contribution in [-0.4, -0.2) is 27.5 Å². The minimum atomic E-state index is -3.70. The van der Waals surface area contributed by atoms with Gasteiger partial charge in [-0.15, -0.1) is 0 Å². The summed E-state index contributed by atoms with van der Waals surface area (Å²) in [4.78, 5) is 14.1. The summed E-state index contributed by atoms with van der Waals surface area (Å²) in [7, 11) is -3.70. The van der Waals surface area contributed by atoms with Gasteiger partial charge in [-0.3, -0.25) is 9.52 Å². The van der Waals surface area contributed by atoms with Gasteiger partial charge in [0.15, 0.2) is 0 Å². The molecule has 0 unspecified atom stereocenters. The van der Waals surface area contributed by atoms with Crippen molar-refractivity contribution in [1.29, 1.82) is 0 Å². The van der Waals surface area contributed by atoms with E-state index in [0.29, 0.717) is 31.0 Å². The number of anilines is 2. The smallest absolute Gasteiger partial charge is 0.261 e. The third kappa shape index (κ3) is 4.65. The highest BCUT2D eigenvalue weighted by molar-refractivity contribution is 7.92. The summed E-state index contributed by atoms with van der Waals surface area (Å²) in [6.45, 7) is 5.19. The second-order valence-corrected chi connectivity index (χ2v) is 8.61. The van der Waals surface area contributed by atoms with Gasteiger partial charge in [0.05, 0.1) is 11.5 Å². The van der Waals surface area contributed by atoms with Crippen LogP contribution in [0.3, 0.4) is 0 Å². The highest BCUT2D eigenvalue weighted by Crippen LogP contribution is 2.28. The quantitative estimate of drug-likeness (QED) is 0.756. The maximum atomic E-state index is 12.7. The van der Waals surface area contributed by atoms with Gasteiger partial charge in [0.2, 0.25) is 5.91 Å². The van der Waals surface area contributed by atoms with Crippen molar-refractivity contribution in [2.75, 3.05) is 22.8 Å². The molecule has 1 aliphatic rings. The number of carbonyl (C=O) groups excluding carboxylic acids is 1. The van der Waals surface area contributed by atoms with E-state index in [9.17, 15) is 13.2 Å². The van der Waals surface area contributed by atoms with E-state index >= 15 is 0 Å². The molecule has 150 valence electrons. The molecule has 3 rings (SSSR count). The van der Waals surface area contributed by atoms with Gasteiger partial charge in [-0.05, 0) is 74.2 Å². The monoisotopic (exact) mass is 402 g/mol. The normalized spacial score (nSPS) is 14.8. The lowest BCUT2D eigenvalue weighted by molar-refractivity contribution is -0.119. The van der Waals surface area contributed by atoms with E-state index in [1.807, 2.05) is 13.8 Å². The molecule has 1 N–H and O–H groups in total. The summed E-state index contributed by atoms with van der Waals surface area (Å²) >= 11 is 0. The zero-order chi connectivity index (χ0) is 20.1. The third-order valence-electron chi connectivity index (χ3n) is 4.67. The number of piperidine rings is 1. The first kappa shape index (κ1) is 20.2. The van der Waals surface area contributed by atoms with Crippen LogP contribution in [-0.2, 0) is 14.8 Å². The predicted molar refractivity (Wildman–Crippen MR) is 110 cm³/mol. The molecular weight excluding hydrogens is 376 g/mol. The Labute approximate surface area is 166 Å². The van der Waals surface area contributed by atoms with E-state index in [1.54, 1.807) is 35.2 Å². The number of ether oxygens (including phenoxy) is 1. The number of hydrogen-bond acceptors (Lipinski definition) is 4. The molecule has 0 aromatic heterocycles. The predicted octanol–water partition coefficient (Wildman–Crippen LogP) is 4.10. The molecule has 1 heterocycles. The molecule has 0 aliphatic carbocycles. The second-order valence-electron chi connectivity index (χ2n) is 6.93. The fourth-order valence-corrected chi connectivity index (χ4v) is 4.28. The Morgan fingerprint density at radius 3 is 2.50 bits per heavy atom. The SMILES string of the molecule is CCCOc1ccc(S(=O)(=O)Nc2ccc(N3CCCCC3=O)c(C)c2)cc1. The highest BCUT2D eigenvalue weighted by Gasteiger charge is 2.21. The van der Waals surface area contributed by atoms with Crippen LogP contribution < -0.4 is 14.4 Å². The van der Waals surface area contributed by atoms with Crippen LogP contribution >= 0.6 is 0 Å². The Bertz CT molecular complexity index is 939. The van der Waals surface area contributed by atoms with Crippen molar-refractivity contribution in [2.24, 2.45) is 0 Å². The molecule has 6 nitrogen and oxygen atoms in total. The van der Waals surface area contributed by atoms with Gasteiger partial charge in [0.25, 0.3) is 10.0 Å². The van der Waals surface area contributed by atoms with E-state index in [-0.39, 0.29) is 10.8 Å². The summed E-state index contributed by atoms with van der Waals surface area (Å²) < 4.78 is 33.4. The van der Waals surface area contributed by atoms with Crippen molar-refractivity contribution < 1.29 is 17.9 Å². The number of nitrogens with one attached hydrogen (secondary N) is 1. The molecule has 0 saturated carbocycles. The maximum absolute atomic E-state index is 12.7. The third-order valence-corrected chi connectivity index (χ3v) is 6.07. The number of amides is 1. The van der Waals surface area contributed by atoms with Crippen LogP contribution in [0.1, 0.15) is 38.2 Å². The fraction of sp³-hybridized carbons (Fsp3) is 0.381. The Morgan fingerprint density at radius 2 is 1.86 bits per heavy atom. The topological polar surface area (TPSA) is 75.7 Å². The van der Waals surface area contributed by atoms with Crippen molar-refractivity contribution in [2.45, 2.75) is 44.4 Å². The fourth-order valence-electron chi connectivity index (χ4n) is 3.23. The van der Waals surface area contributed by atoms with Crippen LogP contribution in [0.25, 0.3) is 0 Å². The lowest BCUT2D eigenvalue weighted by Crippen LogP contribution is -2.35. The summed E-state index contributed by atoms with van der Waals surface area (Å²) in [5.74, 6) is 0.764. The summed E-state index contributed by atoms with van der Waals surface area (Å²) in [6, 6.07) is 11.6. The molecule has 0 atom stereocenters. The molecule has 7 heteroatoms. The van der Waals surface area contributed by atoms with Crippen molar-refractivity contribution >= 4 is 27.3 Å². The van der Waals surface area contributed by atoms with E-state index in [0.717, 1.165) is 30.5 Å². The Balaban J connectivity index is 1.75. The Kier molecular flexibility index (Phi) is 6.24. The van der Waals surface area contributed by atoms with Crippen LogP contribution in [0, 0.1) is 6.92 Å². The molecule has 0 spiro atoms. The largest absolute Gasteiger partial charge is 0.494 e. The van der Waals surface area contributed by atoms with Crippen LogP contribution in [0.4, 0.5) is 11.4 Å². The molecule has 1 aliphatic heterocycles. The molecule has 1 fully saturated rings. The zero-order valence-electron chi connectivity index (χ0n) is 16.3. The highest BCUT2D eigenvalue weighted by atomic mass is 32.2.